The predicted octanol–water partition coefficient (Wildman–Crippen LogP) is 4.11. The summed E-state index contributed by atoms with van der Waals surface area (Å²) in [6, 6.07) is 4.27. The minimum absolute atomic E-state index is 0.0208. The smallest absolute Gasteiger partial charge is 0.320 e. The van der Waals surface area contributed by atoms with Gasteiger partial charge in [0.1, 0.15) is 6.04 Å². The van der Waals surface area contributed by atoms with Crippen molar-refractivity contribution in [3.05, 3.63) is 23.3 Å². The highest BCUT2D eigenvalue weighted by Gasteiger charge is 2.34. The van der Waals surface area contributed by atoms with Crippen molar-refractivity contribution in [3.63, 3.8) is 0 Å². The molecule has 0 saturated carbocycles. The van der Waals surface area contributed by atoms with Crippen LogP contribution in [0.15, 0.2) is 12.1 Å². The van der Waals surface area contributed by atoms with Crippen molar-refractivity contribution in [3.8, 4) is 11.5 Å². The van der Waals surface area contributed by atoms with E-state index in [2.05, 4.69) is 30.9 Å². The summed E-state index contributed by atoms with van der Waals surface area (Å²) >= 11 is 0. The third kappa shape index (κ3) is 6.11. The Morgan fingerprint density at radius 1 is 1.17 bits per heavy atom. The predicted molar refractivity (Wildman–Crippen MR) is 120 cm³/mol. The van der Waals surface area contributed by atoms with Gasteiger partial charge in [-0.3, -0.25) is 9.69 Å². The van der Waals surface area contributed by atoms with Gasteiger partial charge < -0.3 is 20.3 Å². The summed E-state index contributed by atoms with van der Waals surface area (Å²) in [6.07, 6.45) is 5.12. The minimum Gasteiger partial charge on any atom is -0.493 e. The zero-order valence-corrected chi connectivity index (χ0v) is 19.5. The number of nitrogens with two attached hydrogens (primary N) is 1. The molecule has 0 spiro atoms. The van der Waals surface area contributed by atoms with E-state index in [-0.39, 0.29) is 5.92 Å². The fourth-order valence-electron chi connectivity index (χ4n) is 4.60. The molecule has 0 radical (unpaired) electrons. The van der Waals surface area contributed by atoms with Crippen LogP contribution in [0.5, 0.6) is 11.5 Å². The van der Waals surface area contributed by atoms with Crippen molar-refractivity contribution < 1.29 is 19.4 Å². The minimum atomic E-state index is -0.931. The number of aliphatic carboxylic acids is 1. The normalized spacial score (nSPS) is 21.9. The van der Waals surface area contributed by atoms with E-state index in [0.29, 0.717) is 6.04 Å². The van der Waals surface area contributed by atoms with Crippen molar-refractivity contribution in [2.24, 2.45) is 23.5 Å². The third-order valence-corrected chi connectivity index (χ3v) is 6.26. The molecule has 0 aromatic heterocycles. The number of benzene rings is 1. The van der Waals surface area contributed by atoms with Crippen LogP contribution in [-0.2, 0) is 11.2 Å². The molecule has 3 rings (SSSR count). The molecule has 3 atom stereocenters. The van der Waals surface area contributed by atoms with Crippen LogP contribution >= 0.6 is 0 Å². The quantitative estimate of drug-likeness (QED) is 0.720. The summed E-state index contributed by atoms with van der Waals surface area (Å²) in [5.74, 6) is 2.50. The molecule has 0 aliphatic carbocycles. The molecule has 1 fully saturated rings. The Bertz CT molecular complexity index is 705. The number of hydrogen-bond acceptors (Lipinski definition) is 5. The molecular weight excluding hydrogens is 380 g/mol. The summed E-state index contributed by atoms with van der Waals surface area (Å²) in [7, 11) is 3.45. The number of carboxylic acids is 1. The second-order valence-electron chi connectivity index (χ2n) is 9.35. The van der Waals surface area contributed by atoms with Gasteiger partial charge in [-0.1, -0.05) is 27.7 Å². The van der Waals surface area contributed by atoms with E-state index in [1.54, 1.807) is 28.1 Å². The Balaban J connectivity index is 0.000000343. The second-order valence-corrected chi connectivity index (χ2v) is 9.35. The first-order valence-corrected chi connectivity index (χ1v) is 11.1. The number of nitrogens with zero attached hydrogens (tertiary/aromatic N) is 1. The lowest BCUT2D eigenvalue weighted by Gasteiger charge is -2.44. The monoisotopic (exact) mass is 420 g/mol. The molecule has 3 unspecified atom stereocenters. The van der Waals surface area contributed by atoms with Crippen LogP contribution in [0.4, 0.5) is 0 Å². The highest BCUT2D eigenvalue weighted by Crippen LogP contribution is 2.43. The number of methoxy groups -OCH3 is 2. The molecule has 0 bridgehead atoms. The first-order chi connectivity index (χ1) is 14.2. The van der Waals surface area contributed by atoms with Crippen LogP contribution in [-0.4, -0.2) is 49.3 Å². The van der Waals surface area contributed by atoms with Gasteiger partial charge in [-0.25, -0.2) is 0 Å². The maximum absolute atomic E-state index is 10.0. The fraction of sp³-hybridized carbons (Fsp3) is 0.708. The second kappa shape index (κ2) is 11.0. The molecule has 30 heavy (non-hydrogen) atoms. The summed E-state index contributed by atoms with van der Waals surface area (Å²) < 4.78 is 11.0. The number of rotatable bonds is 6. The molecule has 2 aliphatic heterocycles. The van der Waals surface area contributed by atoms with Crippen molar-refractivity contribution in [2.45, 2.75) is 65.5 Å². The van der Waals surface area contributed by atoms with Crippen molar-refractivity contribution >= 4 is 5.97 Å². The van der Waals surface area contributed by atoms with Gasteiger partial charge in [-0.2, -0.15) is 0 Å². The van der Waals surface area contributed by atoms with Gasteiger partial charge in [0.25, 0.3) is 0 Å². The molecule has 6 heteroatoms. The Hall–Kier alpha value is -1.79. The number of hydrogen-bond donors (Lipinski definition) is 2. The highest BCUT2D eigenvalue weighted by molar-refractivity contribution is 5.73. The summed E-state index contributed by atoms with van der Waals surface area (Å²) in [4.78, 5) is 12.7. The lowest BCUT2D eigenvalue weighted by Crippen LogP contribution is -2.42. The third-order valence-electron chi connectivity index (χ3n) is 6.26. The maximum atomic E-state index is 10.0. The van der Waals surface area contributed by atoms with Crippen LogP contribution in [0, 0.1) is 17.8 Å². The van der Waals surface area contributed by atoms with Gasteiger partial charge in [-0.15, -0.1) is 0 Å². The van der Waals surface area contributed by atoms with Gasteiger partial charge in [-0.05, 0) is 66.7 Å². The average molecular weight is 421 g/mol. The molecule has 2 heterocycles. The Morgan fingerprint density at radius 3 is 2.30 bits per heavy atom. The molecule has 1 saturated heterocycles. The van der Waals surface area contributed by atoms with E-state index in [1.165, 1.54) is 43.5 Å². The highest BCUT2D eigenvalue weighted by atomic mass is 16.5. The molecule has 1 aromatic carbocycles. The number of piperidine rings is 1. The lowest BCUT2D eigenvalue weighted by molar-refractivity contribution is -0.139. The molecule has 3 N–H and O–H groups in total. The van der Waals surface area contributed by atoms with Crippen LogP contribution < -0.4 is 15.2 Å². The largest absolute Gasteiger partial charge is 0.493 e. The van der Waals surface area contributed by atoms with E-state index >= 15 is 0 Å². The molecule has 0 amide bonds. The first kappa shape index (κ1) is 24.5. The summed E-state index contributed by atoms with van der Waals surface area (Å²) in [5, 5.41) is 8.23. The summed E-state index contributed by atoms with van der Waals surface area (Å²) in [5.41, 5.74) is 8.07. The Morgan fingerprint density at radius 2 is 1.80 bits per heavy atom. The van der Waals surface area contributed by atoms with E-state index in [9.17, 15) is 4.79 Å². The maximum Gasteiger partial charge on any atom is 0.320 e. The topological polar surface area (TPSA) is 85.0 Å². The van der Waals surface area contributed by atoms with Crippen LogP contribution in [0.25, 0.3) is 0 Å². The zero-order valence-electron chi connectivity index (χ0n) is 19.5. The van der Waals surface area contributed by atoms with E-state index in [4.69, 9.17) is 20.3 Å². The van der Waals surface area contributed by atoms with Crippen molar-refractivity contribution in [1.29, 1.82) is 0 Å². The van der Waals surface area contributed by atoms with Crippen molar-refractivity contribution in [2.75, 3.05) is 27.3 Å². The van der Waals surface area contributed by atoms with E-state index in [0.717, 1.165) is 29.8 Å². The molecular formula is C24H40N2O4. The van der Waals surface area contributed by atoms with Crippen LogP contribution in [0.3, 0.4) is 0 Å². The van der Waals surface area contributed by atoms with E-state index in [1.807, 2.05) is 0 Å². The summed E-state index contributed by atoms with van der Waals surface area (Å²) in [6.45, 7) is 10.7. The standard InChI is InChI=1S/C19H29NO2.C5H11NO2/c1-13(2)9-14-5-6-17-16-11-19(22-4)18(21-3)10-15(16)7-8-20(17)12-14;1-3(2)4(6)5(7)8/h10-11,13-14,17H,5-9,12H2,1-4H3;3-4H,6H2,1-2H3,(H,7,8). The van der Waals surface area contributed by atoms with Crippen LogP contribution in [0.1, 0.15) is 64.1 Å². The molecule has 170 valence electrons. The number of ether oxygens (including phenoxy) is 2. The zero-order chi connectivity index (χ0) is 22.4. The molecule has 2 aliphatic rings. The molecule has 1 aromatic rings. The number of carboxylic acid groups (broad SMARTS) is 1. The van der Waals surface area contributed by atoms with Gasteiger partial charge >= 0.3 is 5.97 Å². The van der Waals surface area contributed by atoms with Gasteiger partial charge in [0.15, 0.2) is 11.5 Å². The fourth-order valence-corrected chi connectivity index (χ4v) is 4.60. The Kier molecular flexibility index (Phi) is 8.98. The number of carbonyl (C=O) groups is 1. The van der Waals surface area contributed by atoms with Gasteiger partial charge in [0.2, 0.25) is 0 Å². The van der Waals surface area contributed by atoms with E-state index < -0.39 is 12.0 Å². The number of fused-ring (bicyclic) bond motifs is 3. The van der Waals surface area contributed by atoms with Crippen molar-refractivity contribution in [1.82, 2.24) is 4.90 Å². The van der Waals surface area contributed by atoms with Gasteiger partial charge in [0, 0.05) is 19.1 Å². The molecule has 6 nitrogen and oxygen atoms in total. The average Bonchev–Trinajstić information content (AvgIpc) is 2.71. The van der Waals surface area contributed by atoms with Gasteiger partial charge in [0.05, 0.1) is 14.2 Å². The first-order valence-electron chi connectivity index (χ1n) is 11.1. The SMILES string of the molecule is CC(C)C(N)C(=O)O.COc1cc2c(cc1OC)C1CCC(CC(C)C)CN1CC2. The Labute approximate surface area is 181 Å². The lowest BCUT2D eigenvalue weighted by atomic mass is 9.81. The van der Waals surface area contributed by atoms with Crippen LogP contribution in [0.2, 0.25) is 0 Å².